The molecular formula is C16H21ClF3N5O3. The summed E-state index contributed by atoms with van der Waals surface area (Å²) in [5.41, 5.74) is 0. The fourth-order valence-corrected chi connectivity index (χ4v) is 2.83. The Kier molecular flexibility index (Phi) is 7.84. The van der Waals surface area contributed by atoms with Gasteiger partial charge in [0.15, 0.2) is 5.76 Å². The molecule has 0 bridgehead atoms. The van der Waals surface area contributed by atoms with E-state index in [-0.39, 0.29) is 50.1 Å². The van der Waals surface area contributed by atoms with Crippen LogP contribution in [0.3, 0.4) is 0 Å². The molecule has 0 radical (unpaired) electrons. The lowest BCUT2D eigenvalue weighted by atomic mass is 10.2. The molecule has 1 atom stereocenters. The molecule has 0 saturated carbocycles. The van der Waals surface area contributed by atoms with Crippen LogP contribution >= 0.6 is 12.4 Å². The van der Waals surface area contributed by atoms with E-state index < -0.39 is 24.7 Å². The van der Waals surface area contributed by atoms with E-state index in [0.29, 0.717) is 18.8 Å². The van der Waals surface area contributed by atoms with Crippen LogP contribution in [0.1, 0.15) is 12.3 Å². The van der Waals surface area contributed by atoms with Crippen LogP contribution in [0.25, 0.3) is 11.6 Å². The van der Waals surface area contributed by atoms with Gasteiger partial charge in [0.25, 0.3) is 0 Å². The van der Waals surface area contributed by atoms with Gasteiger partial charge in [0, 0.05) is 45.6 Å². The third-order valence-corrected chi connectivity index (χ3v) is 4.24. The number of hydrogen-bond donors (Lipinski definition) is 2. The van der Waals surface area contributed by atoms with Crippen LogP contribution < -0.4 is 10.6 Å². The first-order valence-electron chi connectivity index (χ1n) is 8.58. The number of carbonyl (C=O) groups excluding carboxylic acids is 1. The Morgan fingerprint density at radius 2 is 2.11 bits per heavy atom. The number of alkyl halides is 3. The summed E-state index contributed by atoms with van der Waals surface area (Å²) in [5.74, 6) is 0.396. The minimum atomic E-state index is -4.41. The highest BCUT2D eigenvalue weighted by Crippen LogP contribution is 2.24. The van der Waals surface area contributed by atoms with Gasteiger partial charge in [-0.1, -0.05) is 5.16 Å². The lowest BCUT2D eigenvalue weighted by molar-refractivity contribution is -0.184. The number of aromatic nitrogens is 2. The third-order valence-electron chi connectivity index (χ3n) is 4.24. The summed E-state index contributed by atoms with van der Waals surface area (Å²) in [6.07, 6.45) is -2.86. The molecule has 1 saturated heterocycles. The van der Waals surface area contributed by atoms with E-state index in [2.05, 4.69) is 20.8 Å². The highest BCUT2D eigenvalue weighted by atomic mass is 35.5. The van der Waals surface area contributed by atoms with E-state index in [1.807, 2.05) is 0 Å². The summed E-state index contributed by atoms with van der Waals surface area (Å²) in [4.78, 5) is 17.4. The molecule has 12 heteroatoms. The van der Waals surface area contributed by atoms with Gasteiger partial charge in [0.05, 0.1) is 6.26 Å². The summed E-state index contributed by atoms with van der Waals surface area (Å²) in [5, 5.41) is 9.10. The second-order valence-corrected chi connectivity index (χ2v) is 6.14. The van der Waals surface area contributed by atoms with E-state index in [0.717, 1.165) is 0 Å². The summed E-state index contributed by atoms with van der Waals surface area (Å²) >= 11 is 0. The molecule has 3 heterocycles. The van der Waals surface area contributed by atoms with Gasteiger partial charge in [-0.2, -0.15) is 18.2 Å². The predicted molar refractivity (Wildman–Crippen MR) is 94.9 cm³/mol. The van der Waals surface area contributed by atoms with Gasteiger partial charge in [-0.25, -0.2) is 0 Å². The first-order valence-corrected chi connectivity index (χ1v) is 8.58. The third kappa shape index (κ3) is 5.94. The van der Waals surface area contributed by atoms with Crippen LogP contribution in [0.2, 0.25) is 0 Å². The molecule has 3 rings (SSSR count). The molecule has 0 spiro atoms. The van der Waals surface area contributed by atoms with Crippen molar-refractivity contribution in [2.75, 3.05) is 32.7 Å². The van der Waals surface area contributed by atoms with Gasteiger partial charge in [-0.3, -0.25) is 9.69 Å². The smallest absolute Gasteiger partial charge is 0.405 e. The quantitative estimate of drug-likeness (QED) is 0.698. The second-order valence-electron chi connectivity index (χ2n) is 6.14. The number of carbonyl (C=O) groups is 1. The van der Waals surface area contributed by atoms with Crippen molar-refractivity contribution in [1.82, 2.24) is 25.7 Å². The number of nitrogens with zero attached hydrogens (tertiary/aromatic N) is 3. The molecule has 0 aliphatic carbocycles. The number of nitrogens with one attached hydrogen (secondary N) is 2. The molecule has 1 aliphatic heterocycles. The van der Waals surface area contributed by atoms with E-state index in [1.54, 1.807) is 12.1 Å². The highest BCUT2D eigenvalue weighted by molar-refractivity contribution is 5.85. The standard InChI is InChI=1S/C16H20F3N5O3.ClH/c17-16(18,19)12(24-7-5-20-6-8-24)10-21-13(25)3-4-14-22-15(23-27-14)11-2-1-9-26-11;/h1-2,9,12,20H,3-8,10H2,(H,21,25);1H. The average molecular weight is 424 g/mol. The van der Waals surface area contributed by atoms with Crippen molar-refractivity contribution in [2.45, 2.75) is 25.1 Å². The Labute approximate surface area is 165 Å². The topological polar surface area (TPSA) is 96.4 Å². The minimum absolute atomic E-state index is 0. The zero-order valence-corrected chi connectivity index (χ0v) is 15.7. The molecule has 2 aromatic rings. The van der Waals surface area contributed by atoms with Crippen molar-refractivity contribution in [1.29, 1.82) is 0 Å². The zero-order valence-electron chi connectivity index (χ0n) is 14.9. The van der Waals surface area contributed by atoms with Crippen molar-refractivity contribution in [3.63, 3.8) is 0 Å². The maximum atomic E-state index is 13.3. The molecule has 1 amide bonds. The van der Waals surface area contributed by atoms with Crippen LogP contribution in [0.5, 0.6) is 0 Å². The Morgan fingerprint density at radius 1 is 1.36 bits per heavy atom. The first-order chi connectivity index (χ1) is 12.9. The minimum Gasteiger partial charge on any atom is -0.461 e. The van der Waals surface area contributed by atoms with Crippen LogP contribution in [0.15, 0.2) is 27.3 Å². The Morgan fingerprint density at radius 3 is 2.75 bits per heavy atom. The van der Waals surface area contributed by atoms with E-state index in [4.69, 9.17) is 8.94 Å². The maximum absolute atomic E-state index is 13.3. The molecule has 8 nitrogen and oxygen atoms in total. The molecule has 1 aliphatic rings. The van der Waals surface area contributed by atoms with Crippen LogP contribution in [0.4, 0.5) is 13.2 Å². The second kappa shape index (κ2) is 9.89. The largest absolute Gasteiger partial charge is 0.461 e. The number of amides is 1. The molecule has 28 heavy (non-hydrogen) atoms. The SMILES string of the molecule is Cl.O=C(CCc1nc(-c2ccco2)no1)NCC(N1CCNCC1)C(F)(F)F. The van der Waals surface area contributed by atoms with Gasteiger partial charge in [-0.15, -0.1) is 12.4 Å². The lowest BCUT2D eigenvalue weighted by Crippen LogP contribution is -2.57. The molecule has 0 aromatic carbocycles. The lowest BCUT2D eigenvalue weighted by Gasteiger charge is -2.35. The zero-order chi connectivity index (χ0) is 19.3. The van der Waals surface area contributed by atoms with Crippen molar-refractivity contribution in [3.05, 3.63) is 24.3 Å². The Hall–Kier alpha value is -2.11. The predicted octanol–water partition coefficient (Wildman–Crippen LogP) is 1.64. The highest BCUT2D eigenvalue weighted by Gasteiger charge is 2.43. The van der Waals surface area contributed by atoms with E-state index >= 15 is 0 Å². The van der Waals surface area contributed by atoms with Gasteiger partial charge < -0.3 is 19.6 Å². The Balaban J connectivity index is 0.00000280. The van der Waals surface area contributed by atoms with Gasteiger partial charge in [-0.05, 0) is 12.1 Å². The molecule has 2 aromatic heterocycles. The van der Waals surface area contributed by atoms with Crippen LogP contribution in [0, 0.1) is 0 Å². The number of furan rings is 1. The summed E-state index contributed by atoms with van der Waals surface area (Å²) in [6.45, 7) is 1.09. The van der Waals surface area contributed by atoms with E-state index in [1.165, 1.54) is 11.2 Å². The number of rotatable bonds is 7. The van der Waals surface area contributed by atoms with Gasteiger partial charge >= 0.3 is 6.18 Å². The van der Waals surface area contributed by atoms with Gasteiger partial charge in [0.2, 0.25) is 17.6 Å². The van der Waals surface area contributed by atoms with E-state index in [9.17, 15) is 18.0 Å². The molecule has 1 fully saturated rings. The monoisotopic (exact) mass is 423 g/mol. The fraction of sp³-hybridized carbons (Fsp3) is 0.562. The van der Waals surface area contributed by atoms with Crippen LogP contribution in [-0.4, -0.2) is 65.9 Å². The van der Waals surface area contributed by atoms with Crippen LogP contribution in [-0.2, 0) is 11.2 Å². The molecule has 2 N–H and O–H groups in total. The summed E-state index contributed by atoms with van der Waals surface area (Å²) in [7, 11) is 0. The molecule has 156 valence electrons. The Bertz CT molecular complexity index is 732. The summed E-state index contributed by atoms with van der Waals surface area (Å²) < 4.78 is 50.0. The van der Waals surface area contributed by atoms with Gasteiger partial charge in [0.1, 0.15) is 6.04 Å². The van der Waals surface area contributed by atoms with Crippen molar-refractivity contribution < 1.29 is 26.9 Å². The number of hydrogen-bond acceptors (Lipinski definition) is 7. The van der Waals surface area contributed by atoms with Crippen molar-refractivity contribution >= 4 is 18.3 Å². The normalized spacial score (nSPS) is 16.4. The molecule has 1 unspecified atom stereocenters. The fourth-order valence-electron chi connectivity index (χ4n) is 2.83. The number of halogens is 4. The van der Waals surface area contributed by atoms with Crippen molar-refractivity contribution in [2.24, 2.45) is 0 Å². The summed E-state index contributed by atoms with van der Waals surface area (Å²) in [6, 6.07) is 1.64. The maximum Gasteiger partial charge on any atom is 0.405 e. The molecular weight excluding hydrogens is 403 g/mol. The van der Waals surface area contributed by atoms with Crippen molar-refractivity contribution in [3.8, 4) is 11.6 Å². The number of piperazine rings is 1. The average Bonchev–Trinajstić information content (AvgIpc) is 3.31. The first kappa shape index (κ1) is 22.2. The number of aryl methyl sites for hydroxylation is 1.